The van der Waals surface area contributed by atoms with Crippen molar-refractivity contribution in [2.24, 2.45) is 5.92 Å². The molecule has 0 fully saturated rings. The molecule has 0 unspecified atom stereocenters. The van der Waals surface area contributed by atoms with Crippen LogP contribution in [-0.2, 0) is 6.54 Å². The predicted octanol–water partition coefficient (Wildman–Crippen LogP) is 4.59. The molecule has 0 aliphatic carbocycles. The van der Waals surface area contributed by atoms with Gasteiger partial charge in [-0.25, -0.2) is 14.2 Å². The van der Waals surface area contributed by atoms with Gasteiger partial charge in [-0.05, 0) is 54.8 Å². The fourth-order valence-corrected chi connectivity index (χ4v) is 2.70. The summed E-state index contributed by atoms with van der Waals surface area (Å²) >= 11 is 0. The van der Waals surface area contributed by atoms with Crippen LogP contribution in [-0.4, -0.2) is 20.6 Å². The maximum Gasteiger partial charge on any atom is 0.335 e. The molecule has 2 aromatic carbocycles. The van der Waals surface area contributed by atoms with Crippen molar-refractivity contribution in [3.05, 3.63) is 53.8 Å². The van der Waals surface area contributed by atoms with Gasteiger partial charge in [-0.15, -0.1) is 0 Å². The van der Waals surface area contributed by atoms with Crippen molar-refractivity contribution in [3.63, 3.8) is 0 Å². The molecule has 5 heteroatoms. The number of hydrogen-bond acceptors (Lipinski definition) is 2. The molecule has 0 spiro atoms. The Morgan fingerprint density at radius 1 is 1.21 bits per heavy atom. The van der Waals surface area contributed by atoms with Crippen molar-refractivity contribution in [1.82, 2.24) is 9.55 Å². The van der Waals surface area contributed by atoms with Crippen LogP contribution in [0.4, 0.5) is 4.39 Å². The number of hydrogen-bond donors (Lipinski definition) is 1. The lowest BCUT2D eigenvalue weighted by Crippen LogP contribution is -2.04. The Hall–Kier alpha value is -2.69. The lowest BCUT2D eigenvalue weighted by molar-refractivity contribution is 0.0697. The zero-order valence-electron chi connectivity index (χ0n) is 13.7. The zero-order valence-corrected chi connectivity index (χ0v) is 13.7. The smallest absolute Gasteiger partial charge is 0.335 e. The zero-order chi connectivity index (χ0) is 17.3. The molecule has 3 rings (SSSR count). The van der Waals surface area contributed by atoms with E-state index in [1.807, 2.05) is 0 Å². The molecule has 0 saturated heterocycles. The van der Waals surface area contributed by atoms with E-state index in [0.717, 1.165) is 29.9 Å². The normalized spacial score (nSPS) is 11.3. The molecular formula is C19H19FN2O2. The van der Waals surface area contributed by atoms with Crippen LogP contribution in [0, 0.1) is 11.7 Å². The summed E-state index contributed by atoms with van der Waals surface area (Å²) in [5, 5.41) is 9.17. The van der Waals surface area contributed by atoms with Gasteiger partial charge < -0.3 is 9.67 Å². The Kier molecular flexibility index (Phi) is 4.34. The number of aryl methyl sites for hydroxylation is 1. The van der Waals surface area contributed by atoms with E-state index in [9.17, 15) is 9.18 Å². The quantitative estimate of drug-likeness (QED) is 0.746. The summed E-state index contributed by atoms with van der Waals surface area (Å²) in [7, 11) is 0. The Balaban J connectivity index is 2.15. The third-order valence-corrected chi connectivity index (χ3v) is 4.03. The Bertz CT molecular complexity index is 882. The van der Waals surface area contributed by atoms with Gasteiger partial charge in [-0.3, -0.25) is 0 Å². The number of nitrogens with zero attached hydrogens (tertiary/aromatic N) is 2. The number of carboxylic acid groups (broad SMARTS) is 1. The lowest BCUT2D eigenvalue weighted by atomic mass is 10.1. The van der Waals surface area contributed by atoms with Crippen LogP contribution < -0.4 is 0 Å². The van der Waals surface area contributed by atoms with E-state index in [1.54, 1.807) is 30.3 Å². The van der Waals surface area contributed by atoms with E-state index in [0.29, 0.717) is 11.4 Å². The first kappa shape index (κ1) is 16.2. The van der Waals surface area contributed by atoms with E-state index in [-0.39, 0.29) is 11.4 Å². The molecular weight excluding hydrogens is 307 g/mol. The number of carbonyl (C=O) groups is 1. The molecule has 0 radical (unpaired) electrons. The molecule has 0 amide bonds. The second-order valence-electron chi connectivity index (χ2n) is 6.29. The summed E-state index contributed by atoms with van der Waals surface area (Å²) in [4.78, 5) is 15.8. The number of rotatable bonds is 5. The molecule has 24 heavy (non-hydrogen) atoms. The predicted molar refractivity (Wildman–Crippen MR) is 91.5 cm³/mol. The second kappa shape index (κ2) is 6.43. The van der Waals surface area contributed by atoms with Crippen molar-refractivity contribution in [2.45, 2.75) is 26.8 Å². The summed E-state index contributed by atoms with van der Waals surface area (Å²) in [6.07, 6.45) is 0.973. The van der Waals surface area contributed by atoms with E-state index in [2.05, 4.69) is 23.4 Å². The van der Waals surface area contributed by atoms with Crippen LogP contribution in [0.3, 0.4) is 0 Å². The third kappa shape index (κ3) is 3.15. The van der Waals surface area contributed by atoms with Gasteiger partial charge in [0, 0.05) is 12.1 Å². The standard InChI is InChI=1S/C19H19FN2O2/c1-12(2)9-10-22-17-8-5-14(19(23)24)11-16(17)21-18(22)13-3-6-15(20)7-4-13/h3-8,11-12H,9-10H2,1-2H3,(H,23,24). The van der Waals surface area contributed by atoms with Gasteiger partial charge in [-0.2, -0.15) is 0 Å². The molecule has 0 bridgehead atoms. The van der Waals surface area contributed by atoms with Gasteiger partial charge in [0.25, 0.3) is 0 Å². The average molecular weight is 326 g/mol. The van der Waals surface area contributed by atoms with Crippen molar-refractivity contribution in [1.29, 1.82) is 0 Å². The highest BCUT2D eigenvalue weighted by molar-refractivity contribution is 5.93. The van der Waals surface area contributed by atoms with E-state index >= 15 is 0 Å². The Labute approximate surface area is 139 Å². The van der Waals surface area contributed by atoms with E-state index in [4.69, 9.17) is 5.11 Å². The molecule has 0 aliphatic heterocycles. The highest BCUT2D eigenvalue weighted by Gasteiger charge is 2.15. The van der Waals surface area contributed by atoms with Crippen molar-refractivity contribution < 1.29 is 14.3 Å². The maximum atomic E-state index is 13.2. The number of imidazole rings is 1. The summed E-state index contributed by atoms with van der Waals surface area (Å²) in [6, 6.07) is 11.2. The first-order valence-electron chi connectivity index (χ1n) is 7.95. The largest absolute Gasteiger partial charge is 0.478 e. The topological polar surface area (TPSA) is 55.1 Å². The number of carboxylic acids is 1. The first-order chi connectivity index (χ1) is 11.5. The first-order valence-corrected chi connectivity index (χ1v) is 7.95. The molecule has 0 atom stereocenters. The van der Waals surface area contributed by atoms with E-state index in [1.165, 1.54) is 12.1 Å². The number of aromatic carboxylic acids is 1. The van der Waals surface area contributed by atoms with Gasteiger partial charge in [0.05, 0.1) is 16.6 Å². The summed E-state index contributed by atoms with van der Waals surface area (Å²) in [5.41, 5.74) is 2.55. The SMILES string of the molecule is CC(C)CCn1c(-c2ccc(F)cc2)nc2cc(C(=O)O)ccc21. The number of benzene rings is 2. The van der Waals surface area contributed by atoms with Crippen LogP contribution in [0.25, 0.3) is 22.4 Å². The minimum atomic E-state index is -0.975. The molecule has 0 saturated carbocycles. The summed E-state index contributed by atoms with van der Waals surface area (Å²) in [6.45, 7) is 5.08. The van der Waals surface area contributed by atoms with Crippen molar-refractivity contribution in [2.75, 3.05) is 0 Å². The molecule has 1 heterocycles. The van der Waals surface area contributed by atoms with Crippen LogP contribution in [0.2, 0.25) is 0 Å². The molecule has 1 aromatic heterocycles. The van der Waals surface area contributed by atoms with Gasteiger partial charge in [-0.1, -0.05) is 13.8 Å². The molecule has 3 aromatic rings. The van der Waals surface area contributed by atoms with Crippen molar-refractivity contribution >= 4 is 17.0 Å². The van der Waals surface area contributed by atoms with Crippen LogP contribution in [0.15, 0.2) is 42.5 Å². The maximum absolute atomic E-state index is 13.2. The van der Waals surface area contributed by atoms with Crippen LogP contribution >= 0.6 is 0 Å². The summed E-state index contributed by atoms with van der Waals surface area (Å²) in [5.74, 6) is -0.0104. The van der Waals surface area contributed by atoms with Crippen molar-refractivity contribution in [3.8, 4) is 11.4 Å². The molecule has 1 N–H and O–H groups in total. The molecule has 4 nitrogen and oxygen atoms in total. The van der Waals surface area contributed by atoms with Crippen LogP contribution in [0.1, 0.15) is 30.6 Å². The van der Waals surface area contributed by atoms with Gasteiger partial charge in [0.2, 0.25) is 0 Å². The fourth-order valence-electron chi connectivity index (χ4n) is 2.70. The van der Waals surface area contributed by atoms with Crippen LogP contribution in [0.5, 0.6) is 0 Å². The molecule has 124 valence electrons. The highest BCUT2D eigenvalue weighted by atomic mass is 19.1. The number of fused-ring (bicyclic) bond motifs is 1. The second-order valence-corrected chi connectivity index (χ2v) is 6.29. The number of aromatic nitrogens is 2. The van der Waals surface area contributed by atoms with Gasteiger partial charge in [0.15, 0.2) is 0 Å². The number of halogens is 1. The van der Waals surface area contributed by atoms with E-state index < -0.39 is 5.97 Å². The molecule has 0 aliphatic rings. The monoisotopic (exact) mass is 326 g/mol. The minimum Gasteiger partial charge on any atom is -0.478 e. The Morgan fingerprint density at radius 3 is 2.54 bits per heavy atom. The highest BCUT2D eigenvalue weighted by Crippen LogP contribution is 2.27. The average Bonchev–Trinajstić information content (AvgIpc) is 2.91. The Morgan fingerprint density at radius 2 is 1.92 bits per heavy atom. The fraction of sp³-hybridized carbons (Fsp3) is 0.263. The summed E-state index contributed by atoms with van der Waals surface area (Å²) < 4.78 is 15.3. The van der Waals surface area contributed by atoms with Gasteiger partial charge >= 0.3 is 5.97 Å². The lowest BCUT2D eigenvalue weighted by Gasteiger charge is -2.11. The van der Waals surface area contributed by atoms with Gasteiger partial charge in [0.1, 0.15) is 11.6 Å². The third-order valence-electron chi connectivity index (χ3n) is 4.03. The minimum absolute atomic E-state index is 0.210.